The highest BCUT2D eigenvalue weighted by molar-refractivity contribution is 7.18. The predicted octanol–water partition coefficient (Wildman–Crippen LogP) is 1.39. The number of rotatable bonds is 6. The quantitative estimate of drug-likeness (QED) is 0.630. The van der Waals surface area contributed by atoms with Crippen molar-refractivity contribution >= 4 is 33.8 Å². The first-order chi connectivity index (χ1) is 14.5. The lowest BCUT2D eigenvalue weighted by molar-refractivity contribution is -0.121. The zero-order valence-corrected chi connectivity index (χ0v) is 17.0. The molecule has 4 heterocycles. The monoisotopic (exact) mass is 422 g/mol. The summed E-state index contributed by atoms with van der Waals surface area (Å²) < 4.78 is 5.60. The van der Waals surface area contributed by atoms with Crippen LogP contribution in [0.15, 0.2) is 21.7 Å². The first kappa shape index (κ1) is 18.6. The van der Waals surface area contributed by atoms with Crippen LogP contribution in [0.4, 0.5) is 0 Å². The van der Waals surface area contributed by atoms with E-state index in [1.54, 1.807) is 0 Å². The molecule has 1 unspecified atom stereocenters. The maximum absolute atomic E-state index is 12.1. The number of carbonyl (C=O) groups is 1. The number of nitrogens with one attached hydrogen (secondary N) is 1. The van der Waals surface area contributed by atoms with Crippen LogP contribution in [0, 0.1) is 11.3 Å². The van der Waals surface area contributed by atoms with Crippen molar-refractivity contribution in [3.05, 3.63) is 34.6 Å². The summed E-state index contributed by atoms with van der Waals surface area (Å²) in [6, 6.07) is 6.08. The molecule has 152 valence electrons. The molecule has 5 rings (SSSR count). The van der Waals surface area contributed by atoms with Crippen LogP contribution < -0.4 is 5.32 Å². The Morgan fingerprint density at radius 1 is 1.37 bits per heavy atom. The van der Waals surface area contributed by atoms with Gasteiger partial charge in [-0.15, -0.1) is 10.2 Å². The molecule has 3 aromatic heterocycles. The number of aromatic nitrogens is 4. The molecule has 3 aromatic rings. The van der Waals surface area contributed by atoms with Gasteiger partial charge in [-0.2, -0.15) is 10.4 Å². The summed E-state index contributed by atoms with van der Waals surface area (Å²) in [5, 5.41) is 26.7. The van der Waals surface area contributed by atoms with E-state index < -0.39 is 5.54 Å². The summed E-state index contributed by atoms with van der Waals surface area (Å²) in [5.74, 6) is 0.512. The Bertz CT molecular complexity index is 1190. The van der Waals surface area contributed by atoms with E-state index in [9.17, 15) is 4.79 Å². The van der Waals surface area contributed by atoms with Gasteiger partial charge in [0.05, 0.1) is 24.1 Å². The van der Waals surface area contributed by atoms with E-state index >= 15 is 0 Å². The molecule has 0 spiro atoms. The van der Waals surface area contributed by atoms with Crippen LogP contribution in [-0.4, -0.2) is 56.4 Å². The standard InChI is InChI=1S/C19H18N8O2S/c1-27-9-11(8-21-27)12-2-3-13-18(23-12)30-17(22-13)7-16-26-25-15(29-16)6-14(28)24-19(10-20)4-5-19/h2-3,8,11H,4-7,9H2,1H3,(H,24,28). The number of hydrogen-bond acceptors (Lipinski definition) is 10. The van der Waals surface area contributed by atoms with E-state index in [0.717, 1.165) is 27.6 Å². The van der Waals surface area contributed by atoms with Gasteiger partial charge in [0.1, 0.15) is 27.3 Å². The number of carbonyl (C=O) groups excluding carboxylic acids is 1. The molecule has 1 atom stereocenters. The van der Waals surface area contributed by atoms with Gasteiger partial charge in [-0.1, -0.05) is 11.3 Å². The van der Waals surface area contributed by atoms with Crippen LogP contribution in [0.25, 0.3) is 10.3 Å². The molecule has 10 nitrogen and oxygen atoms in total. The SMILES string of the molecule is CN1CC(c2ccc3nc(Cc4nnc(CC(=O)NC5(C#N)CC5)o4)sc3n2)C=N1. The number of hydrogen-bond donors (Lipinski definition) is 1. The van der Waals surface area contributed by atoms with Gasteiger partial charge in [0.2, 0.25) is 17.7 Å². The minimum absolute atomic E-state index is 0.0431. The van der Waals surface area contributed by atoms with Crippen molar-refractivity contribution in [1.82, 2.24) is 30.5 Å². The van der Waals surface area contributed by atoms with Crippen LogP contribution in [0.2, 0.25) is 0 Å². The van der Waals surface area contributed by atoms with Gasteiger partial charge >= 0.3 is 0 Å². The maximum atomic E-state index is 12.1. The zero-order valence-electron chi connectivity index (χ0n) is 16.2. The van der Waals surface area contributed by atoms with Crippen molar-refractivity contribution in [1.29, 1.82) is 5.26 Å². The Kier molecular flexibility index (Phi) is 4.43. The number of amides is 1. The number of fused-ring (bicyclic) bond motifs is 1. The molecule has 1 amide bonds. The molecular weight excluding hydrogens is 404 g/mol. The third-order valence-electron chi connectivity index (χ3n) is 5.07. The fourth-order valence-electron chi connectivity index (χ4n) is 3.30. The largest absolute Gasteiger partial charge is 0.424 e. The maximum Gasteiger partial charge on any atom is 0.230 e. The average molecular weight is 422 g/mol. The first-order valence-electron chi connectivity index (χ1n) is 9.57. The smallest absolute Gasteiger partial charge is 0.230 e. The van der Waals surface area contributed by atoms with E-state index in [2.05, 4.69) is 31.7 Å². The highest BCUT2D eigenvalue weighted by atomic mass is 32.1. The van der Waals surface area contributed by atoms with E-state index in [0.29, 0.717) is 25.2 Å². The normalized spacial score (nSPS) is 19.2. The van der Waals surface area contributed by atoms with Crippen LogP contribution in [0.5, 0.6) is 0 Å². The molecule has 1 aliphatic carbocycles. The molecule has 30 heavy (non-hydrogen) atoms. The lowest BCUT2D eigenvalue weighted by atomic mass is 10.1. The molecule has 0 saturated heterocycles. The van der Waals surface area contributed by atoms with Gasteiger partial charge in [0.15, 0.2) is 0 Å². The van der Waals surface area contributed by atoms with E-state index in [-0.39, 0.29) is 24.1 Å². The van der Waals surface area contributed by atoms with Crippen LogP contribution >= 0.6 is 11.3 Å². The molecule has 0 aromatic carbocycles. The van der Waals surface area contributed by atoms with Crippen molar-refractivity contribution < 1.29 is 9.21 Å². The zero-order chi connectivity index (χ0) is 20.7. The number of pyridine rings is 1. The minimum Gasteiger partial charge on any atom is -0.424 e. The second kappa shape index (κ2) is 7.14. The topological polar surface area (TPSA) is 133 Å². The molecular formula is C19H18N8O2S. The second-order valence-corrected chi connectivity index (χ2v) is 8.63. The molecule has 11 heteroatoms. The lowest BCUT2D eigenvalue weighted by Gasteiger charge is -2.09. The summed E-state index contributed by atoms with van der Waals surface area (Å²) in [7, 11) is 1.94. The number of nitrogens with zero attached hydrogens (tertiary/aromatic N) is 7. The van der Waals surface area contributed by atoms with Crippen molar-refractivity contribution in [3.8, 4) is 6.07 Å². The third-order valence-corrected chi connectivity index (χ3v) is 6.04. The van der Waals surface area contributed by atoms with Crippen molar-refractivity contribution in [2.24, 2.45) is 5.10 Å². The van der Waals surface area contributed by atoms with Gasteiger partial charge in [-0.25, -0.2) is 9.97 Å². The second-order valence-electron chi connectivity index (χ2n) is 7.56. The van der Waals surface area contributed by atoms with Crippen molar-refractivity contribution in [3.63, 3.8) is 0 Å². The third kappa shape index (κ3) is 3.73. The lowest BCUT2D eigenvalue weighted by Crippen LogP contribution is -2.36. The van der Waals surface area contributed by atoms with Gasteiger partial charge in [0.25, 0.3) is 0 Å². The first-order valence-corrected chi connectivity index (χ1v) is 10.4. The Morgan fingerprint density at radius 3 is 2.93 bits per heavy atom. The van der Waals surface area contributed by atoms with E-state index in [1.165, 1.54) is 11.3 Å². The molecule has 2 aliphatic rings. The summed E-state index contributed by atoms with van der Waals surface area (Å²) >= 11 is 1.48. The van der Waals surface area contributed by atoms with E-state index in [4.69, 9.17) is 14.7 Å². The van der Waals surface area contributed by atoms with Crippen LogP contribution in [-0.2, 0) is 17.6 Å². The number of likely N-dealkylation sites (N-methyl/N-ethyl adjacent to an activating group) is 1. The van der Waals surface area contributed by atoms with Crippen molar-refractivity contribution in [2.45, 2.75) is 37.1 Å². The van der Waals surface area contributed by atoms with Gasteiger partial charge in [-0.3, -0.25) is 9.80 Å². The molecule has 1 fully saturated rings. The van der Waals surface area contributed by atoms with Gasteiger partial charge < -0.3 is 9.73 Å². The number of nitriles is 1. The molecule has 0 radical (unpaired) electrons. The summed E-state index contributed by atoms with van der Waals surface area (Å²) in [6.07, 6.45) is 3.61. The number of thiazole rings is 1. The van der Waals surface area contributed by atoms with Gasteiger partial charge in [0, 0.05) is 19.8 Å². The average Bonchev–Trinajstić information content (AvgIpc) is 3.05. The fraction of sp³-hybridized carbons (Fsp3) is 0.421. The molecule has 1 aliphatic heterocycles. The molecule has 1 N–H and O–H groups in total. The summed E-state index contributed by atoms with van der Waals surface area (Å²) in [5.41, 5.74) is 1.10. The Balaban J connectivity index is 1.25. The molecule has 0 bridgehead atoms. The van der Waals surface area contributed by atoms with Crippen LogP contribution in [0.1, 0.15) is 41.2 Å². The van der Waals surface area contributed by atoms with Crippen molar-refractivity contribution in [2.75, 3.05) is 13.6 Å². The highest BCUT2D eigenvalue weighted by Gasteiger charge is 2.44. The number of hydrazone groups is 1. The van der Waals surface area contributed by atoms with Crippen LogP contribution in [0.3, 0.4) is 0 Å². The Hall–Kier alpha value is -3.39. The highest BCUT2D eigenvalue weighted by Crippen LogP contribution is 2.34. The Labute approximate surface area is 175 Å². The predicted molar refractivity (Wildman–Crippen MR) is 108 cm³/mol. The Morgan fingerprint density at radius 2 is 2.20 bits per heavy atom. The summed E-state index contributed by atoms with van der Waals surface area (Å²) in [4.78, 5) is 22.2. The van der Waals surface area contributed by atoms with Gasteiger partial charge in [-0.05, 0) is 25.0 Å². The van der Waals surface area contributed by atoms with E-state index in [1.807, 2.05) is 30.4 Å². The minimum atomic E-state index is -0.702. The molecule has 1 saturated carbocycles. The summed E-state index contributed by atoms with van der Waals surface area (Å²) in [6.45, 7) is 0.817. The fourth-order valence-corrected chi connectivity index (χ4v) is 4.23.